The SMILES string of the molecule is Cc1ccc(C(=O)OCc2csc(-c3ccc(F)cc3)n2)s1. The summed E-state index contributed by atoms with van der Waals surface area (Å²) in [5.74, 6) is -0.616. The predicted octanol–water partition coefficient (Wildman–Crippen LogP) is 4.68. The minimum absolute atomic E-state index is 0.132. The van der Waals surface area contributed by atoms with Crippen molar-refractivity contribution < 1.29 is 13.9 Å². The van der Waals surface area contributed by atoms with Gasteiger partial charge < -0.3 is 4.74 Å². The van der Waals surface area contributed by atoms with Gasteiger partial charge in [0.1, 0.15) is 22.3 Å². The molecule has 0 unspecified atom stereocenters. The number of aryl methyl sites for hydroxylation is 1. The zero-order valence-corrected chi connectivity index (χ0v) is 13.3. The van der Waals surface area contributed by atoms with E-state index in [4.69, 9.17) is 4.74 Å². The van der Waals surface area contributed by atoms with Crippen molar-refractivity contribution in [2.75, 3.05) is 0 Å². The summed E-state index contributed by atoms with van der Waals surface area (Å²) < 4.78 is 18.2. The van der Waals surface area contributed by atoms with Crippen molar-refractivity contribution in [3.05, 3.63) is 63.0 Å². The number of carbonyl (C=O) groups excluding carboxylic acids is 1. The molecule has 0 fully saturated rings. The van der Waals surface area contributed by atoms with Crippen LogP contribution in [0.4, 0.5) is 4.39 Å². The van der Waals surface area contributed by atoms with E-state index in [1.807, 2.05) is 18.4 Å². The fraction of sp³-hybridized carbons (Fsp3) is 0.125. The second-order valence-electron chi connectivity index (χ2n) is 4.64. The van der Waals surface area contributed by atoms with Crippen molar-refractivity contribution in [1.82, 2.24) is 4.98 Å². The lowest BCUT2D eigenvalue weighted by Gasteiger charge is -2.00. The van der Waals surface area contributed by atoms with Crippen molar-refractivity contribution in [2.24, 2.45) is 0 Å². The average molecular weight is 333 g/mol. The number of halogens is 1. The predicted molar refractivity (Wildman–Crippen MR) is 85.7 cm³/mol. The van der Waals surface area contributed by atoms with Crippen molar-refractivity contribution in [3.63, 3.8) is 0 Å². The van der Waals surface area contributed by atoms with Gasteiger partial charge in [0, 0.05) is 15.8 Å². The minimum atomic E-state index is -0.338. The van der Waals surface area contributed by atoms with E-state index < -0.39 is 0 Å². The van der Waals surface area contributed by atoms with Crippen LogP contribution in [-0.4, -0.2) is 11.0 Å². The molecular formula is C16H12FNO2S2. The Morgan fingerprint density at radius 1 is 1.23 bits per heavy atom. The van der Waals surface area contributed by atoms with Crippen molar-refractivity contribution in [1.29, 1.82) is 0 Å². The first-order chi connectivity index (χ1) is 10.6. The fourth-order valence-corrected chi connectivity index (χ4v) is 3.43. The number of thiazole rings is 1. The van der Waals surface area contributed by atoms with E-state index in [-0.39, 0.29) is 18.4 Å². The highest BCUT2D eigenvalue weighted by atomic mass is 32.1. The number of hydrogen-bond acceptors (Lipinski definition) is 5. The maximum Gasteiger partial charge on any atom is 0.348 e. The van der Waals surface area contributed by atoms with Gasteiger partial charge in [0.2, 0.25) is 0 Å². The average Bonchev–Trinajstić information content (AvgIpc) is 3.15. The van der Waals surface area contributed by atoms with Crippen LogP contribution in [0.1, 0.15) is 20.2 Å². The molecule has 0 radical (unpaired) electrons. The number of benzene rings is 1. The lowest BCUT2D eigenvalue weighted by atomic mass is 10.2. The van der Waals surface area contributed by atoms with Crippen LogP contribution in [-0.2, 0) is 11.3 Å². The van der Waals surface area contributed by atoms with Crippen LogP contribution >= 0.6 is 22.7 Å². The third kappa shape index (κ3) is 3.40. The number of rotatable bonds is 4. The first-order valence-corrected chi connectivity index (χ1v) is 8.25. The molecule has 0 bridgehead atoms. The molecule has 3 rings (SSSR count). The maximum atomic E-state index is 12.9. The van der Waals surface area contributed by atoms with Gasteiger partial charge in [-0.15, -0.1) is 22.7 Å². The van der Waals surface area contributed by atoms with Crippen LogP contribution < -0.4 is 0 Å². The maximum absolute atomic E-state index is 12.9. The molecule has 112 valence electrons. The Kier molecular flexibility index (Phi) is 4.31. The van der Waals surface area contributed by atoms with E-state index >= 15 is 0 Å². The molecule has 2 heterocycles. The van der Waals surface area contributed by atoms with Gasteiger partial charge in [0.25, 0.3) is 0 Å². The number of carbonyl (C=O) groups is 1. The van der Waals surface area contributed by atoms with Gasteiger partial charge in [-0.3, -0.25) is 0 Å². The Morgan fingerprint density at radius 3 is 2.68 bits per heavy atom. The van der Waals surface area contributed by atoms with Crippen LogP contribution in [0.3, 0.4) is 0 Å². The summed E-state index contributed by atoms with van der Waals surface area (Å²) >= 11 is 2.84. The van der Waals surface area contributed by atoms with Gasteiger partial charge in [0.15, 0.2) is 0 Å². The smallest absolute Gasteiger partial charge is 0.348 e. The number of ether oxygens (including phenoxy) is 1. The van der Waals surface area contributed by atoms with E-state index in [0.29, 0.717) is 10.6 Å². The molecule has 6 heteroatoms. The number of hydrogen-bond donors (Lipinski definition) is 0. The molecule has 0 atom stereocenters. The van der Waals surface area contributed by atoms with Gasteiger partial charge in [-0.1, -0.05) is 0 Å². The van der Waals surface area contributed by atoms with Crippen LogP contribution in [0.2, 0.25) is 0 Å². The molecule has 3 nitrogen and oxygen atoms in total. The molecule has 0 saturated carbocycles. The molecule has 0 aliphatic heterocycles. The second kappa shape index (κ2) is 6.37. The van der Waals surface area contributed by atoms with Gasteiger partial charge >= 0.3 is 5.97 Å². The fourth-order valence-electron chi connectivity index (χ4n) is 1.85. The highest BCUT2D eigenvalue weighted by Crippen LogP contribution is 2.24. The molecule has 0 aliphatic rings. The molecule has 2 aromatic heterocycles. The Bertz CT molecular complexity index is 793. The van der Waals surface area contributed by atoms with Gasteiger partial charge in [-0.25, -0.2) is 14.2 Å². The van der Waals surface area contributed by atoms with Crippen LogP contribution in [0.5, 0.6) is 0 Å². The van der Waals surface area contributed by atoms with Gasteiger partial charge in [0.05, 0.1) is 5.69 Å². The van der Waals surface area contributed by atoms with Crippen molar-refractivity contribution in [3.8, 4) is 10.6 Å². The highest BCUT2D eigenvalue weighted by molar-refractivity contribution is 7.14. The molecule has 0 N–H and O–H groups in total. The standard InChI is InChI=1S/C16H12FNO2S2/c1-10-2-7-14(22-10)16(19)20-8-13-9-21-15(18-13)11-3-5-12(17)6-4-11/h2-7,9H,8H2,1H3. The summed E-state index contributed by atoms with van der Waals surface area (Å²) in [5, 5.41) is 2.61. The lowest BCUT2D eigenvalue weighted by molar-refractivity contribution is 0.0474. The summed E-state index contributed by atoms with van der Waals surface area (Å²) in [6.07, 6.45) is 0. The Morgan fingerprint density at radius 2 is 2.00 bits per heavy atom. The lowest BCUT2D eigenvalue weighted by Crippen LogP contribution is -2.03. The minimum Gasteiger partial charge on any atom is -0.455 e. The second-order valence-corrected chi connectivity index (χ2v) is 6.78. The summed E-state index contributed by atoms with van der Waals surface area (Å²) in [7, 11) is 0. The van der Waals surface area contributed by atoms with E-state index in [2.05, 4.69) is 4.98 Å². The third-order valence-electron chi connectivity index (χ3n) is 2.94. The molecule has 0 saturated heterocycles. The highest BCUT2D eigenvalue weighted by Gasteiger charge is 2.11. The molecule has 0 spiro atoms. The number of esters is 1. The zero-order valence-electron chi connectivity index (χ0n) is 11.7. The summed E-state index contributed by atoms with van der Waals surface area (Å²) in [6.45, 7) is 2.07. The number of aromatic nitrogens is 1. The largest absolute Gasteiger partial charge is 0.455 e. The van der Waals surface area contributed by atoms with Crippen LogP contribution in [0.15, 0.2) is 41.8 Å². The quantitative estimate of drug-likeness (QED) is 0.651. The first-order valence-electron chi connectivity index (χ1n) is 6.56. The van der Waals surface area contributed by atoms with E-state index in [0.717, 1.165) is 15.4 Å². The number of thiophene rings is 1. The summed E-state index contributed by atoms with van der Waals surface area (Å²) in [5.41, 5.74) is 1.53. The summed E-state index contributed by atoms with van der Waals surface area (Å²) in [6, 6.07) is 9.80. The summed E-state index contributed by atoms with van der Waals surface area (Å²) in [4.78, 5) is 17.9. The molecule has 3 aromatic rings. The normalized spacial score (nSPS) is 10.6. The van der Waals surface area contributed by atoms with Crippen molar-refractivity contribution >= 4 is 28.6 Å². The topological polar surface area (TPSA) is 39.2 Å². The zero-order chi connectivity index (χ0) is 15.5. The number of nitrogens with zero attached hydrogens (tertiary/aromatic N) is 1. The van der Waals surface area contributed by atoms with E-state index in [1.54, 1.807) is 18.2 Å². The van der Waals surface area contributed by atoms with E-state index in [9.17, 15) is 9.18 Å². The third-order valence-corrected chi connectivity index (χ3v) is 4.86. The molecule has 0 amide bonds. The first kappa shape index (κ1) is 14.9. The van der Waals surface area contributed by atoms with Gasteiger partial charge in [-0.05, 0) is 43.3 Å². The molecule has 22 heavy (non-hydrogen) atoms. The van der Waals surface area contributed by atoms with Crippen LogP contribution in [0.25, 0.3) is 10.6 Å². The Hall–Kier alpha value is -2.05. The molecule has 0 aliphatic carbocycles. The van der Waals surface area contributed by atoms with Gasteiger partial charge in [-0.2, -0.15) is 0 Å². The van der Waals surface area contributed by atoms with Crippen molar-refractivity contribution in [2.45, 2.75) is 13.5 Å². The molecule has 1 aromatic carbocycles. The van der Waals surface area contributed by atoms with Crippen LogP contribution in [0, 0.1) is 12.7 Å². The monoisotopic (exact) mass is 333 g/mol. The Labute approximate surface area is 135 Å². The van der Waals surface area contributed by atoms with E-state index in [1.165, 1.54) is 34.8 Å². The Balaban J connectivity index is 1.64. The molecular weight excluding hydrogens is 321 g/mol.